The lowest BCUT2D eigenvalue weighted by atomic mass is 9.97. The van der Waals surface area contributed by atoms with Gasteiger partial charge in [0.05, 0.1) is 18.7 Å². The predicted octanol–water partition coefficient (Wildman–Crippen LogP) is 3.22. The van der Waals surface area contributed by atoms with E-state index in [0.717, 1.165) is 18.4 Å². The van der Waals surface area contributed by atoms with Crippen molar-refractivity contribution >= 4 is 23.5 Å². The summed E-state index contributed by atoms with van der Waals surface area (Å²) in [7, 11) is 1.51. The number of carbonyl (C=O) groups is 3. The summed E-state index contributed by atoms with van der Waals surface area (Å²) in [6.07, 6.45) is 2.05. The molecule has 180 valence electrons. The number of ether oxygens (including phenoxy) is 1. The second-order valence-corrected chi connectivity index (χ2v) is 8.09. The molecule has 1 amide bonds. The van der Waals surface area contributed by atoms with Crippen LogP contribution < -0.4 is 10.1 Å². The first-order valence-electron chi connectivity index (χ1n) is 11.2. The van der Waals surface area contributed by atoms with Crippen LogP contribution in [0.4, 0.5) is 0 Å². The number of aromatic carboxylic acids is 1. The van der Waals surface area contributed by atoms with E-state index < -0.39 is 5.97 Å². The molecule has 0 aromatic heterocycles. The van der Waals surface area contributed by atoms with Gasteiger partial charge in [0.1, 0.15) is 22.9 Å². The molecule has 34 heavy (non-hydrogen) atoms. The Balaban J connectivity index is 1.89. The average molecular weight is 468 g/mol. The highest BCUT2D eigenvalue weighted by Crippen LogP contribution is 2.31. The lowest BCUT2D eigenvalue weighted by Crippen LogP contribution is -2.30. The van der Waals surface area contributed by atoms with E-state index >= 15 is 0 Å². The van der Waals surface area contributed by atoms with E-state index in [-0.39, 0.29) is 47.5 Å². The Morgan fingerprint density at radius 3 is 2.50 bits per heavy atom. The highest BCUT2D eigenvalue weighted by atomic mass is 16.5. The average Bonchev–Trinajstić information content (AvgIpc) is 3.11. The van der Waals surface area contributed by atoms with Crippen LogP contribution in [0.5, 0.6) is 11.5 Å². The molecule has 1 heterocycles. The Morgan fingerprint density at radius 2 is 1.88 bits per heavy atom. The zero-order chi connectivity index (χ0) is 25.0. The first-order chi connectivity index (χ1) is 16.2. The number of aryl methyl sites for hydroxylation is 1. The maximum atomic E-state index is 13.1. The van der Waals surface area contributed by atoms with Crippen molar-refractivity contribution in [3.8, 4) is 11.5 Å². The number of amidine groups is 1. The van der Waals surface area contributed by atoms with E-state index in [2.05, 4.69) is 5.32 Å². The number of phenols is 1. The molecule has 4 N–H and O–H groups in total. The number of carboxylic acid groups (broad SMARTS) is 1. The number of aromatic hydroxyl groups is 1. The zero-order valence-corrected chi connectivity index (χ0v) is 19.5. The largest absolute Gasteiger partial charge is 0.507 e. The van der Waals surface area contributed by atoms with E-state index in [9.17, 15) is 24.6 Å². The van der Waals surface area contributed by atoms with Gasteiger partial charge in [-0.3, -0.25) is 15.0 Å². The molecule has 9 nitrogen and oxygen atoms in total. The smallest absolute Gasteiger partial charge is 0.339 e. The number of amides is 1. The number of hydrogen-bond donors (Lipinski definition) is 4. The zero-order valence-electron chi connectivity index (χ0n) is 19.5. The van der Waals surface area contributed by atoms with Gasteiger partial charge in [-0.2, -0.15) is 0 Å². The number of nitrogens with zero attached hydrogens (tertiary/aromatic N) is 1. The number of ketones is 1. The normalized spacial score (nSPS) is 12.4. The van der Waals surface area contributed by atoms with E-state index in [1.54, 1.807) is 17.0 Å². The number of nitrogens with one attached hydrogen (secondary N) is 2. The number of Topliss-reactive ketones (excluding diaryl/α,β-unsaturated/α-hetero) is 1. The monoisotopic (exact) mass is 467 g/mol. The first-order valence-corrected chi connectivity index (χ1v) is 11.2. The third kappa shape index (κ3) is 4.88. The Labute approximate surface area is 197 Å². The minimum atomic E-state index is -1.31. The van der Waals surface area contributed by atoms with Gasteiger partial charge in [0.25, 0.3) is 5.91 Å². The second-order valence-electron chi connectivity index (χ2n) is 8.09. The summed E-state index contributed by atoms with van der Waals surface area (Å²) in [6.45, 7) is 4.29. The van der Waals surface area contributed by atoms with Crippen LogP contribution in [0, 0.1) is 5.41 Å². The van der Waals surface area contributed by atoms with Crippen LogP contribution in [0.2, 0.25) is 0 Å². The summed E-state index contributed by atoms with van der Waals surface area (Å²) < 4.78 is 5.60. The topological polar surface area (TPSA) is 140 Å². The summed E-state index contributed by atoms with van der Waals surface area (Å²) in [5, 5.41) is 30.9. The fourth-order valence-electron chi connectivity index (χ4n) is 3.99. The fraction of sp³-hybridized carbons (Fsp3) is 0.360. The van der Waals surface area contributed by atoms with Crippen molar-refractivity contribution in [2.75, 3.05) is 20.2 Å². The van der Waals surface area contributed by atoms with Crippen LogP contribution in [-0.4, -0.2) is 58.8 Å². The third-order valence-corrected chi connectivity index (χ3v) is 5.78. The number of carbonyl (C=O) groups excluding carboxylic acids is 2. The van der Waals surface area contributed by atoms with E-state index in [0.29, 0.717) is 35.5 Å². The molecular weight excluding hydrogens is 438 g/mol. The summed E-state index contributed by atoms with van der Waals surface area (Å²) in [5.74, 6) is -1.82. The molecule has 9 heteroatoms. The van der Waals surface area contributed by atoms with Gasteiger partial charge in [0.15, 0.2) is 5.78 Å². The minimum absolute atomic E-state index is 0.0972. The lowest BCUT2D eigenvalue weighted by Gasteiger charge is -2.18. The molecule has 1 aliphatic rings. The number of unbranched alkanes of at least 4 members (excludes halogenated alkanes) is 1. The number of carboxylic acids is 1. The standard InChI is InChI=1S/C25H29N3O6/c1-4-6-7-14-8-15(9-19(22(14)30)25(32)33)20(29)13-28-12-16-10-21(34-5-2)18(24(31)27-3)11-17(16)23(28)26/h8-11,26,30H,4-7,12-13H2,1-3H3,(H,27,31)(H,32,33). The third-order valence-electron chi connectivity index (χ3n) is 5.78. The molecule has 0 fully saturated rings. The van der Waals surface area contributed by atoms with Crippen LogP contribution in [-0.2, 0) is 13.0 Å². The molecule has 3 rings (SSSR count). The van der Waals surface area contributed by atoms with E-state index in [1.165, 1.54) is 19.2 Å². The van der Waals surface area contributed by atoms with Gasteiger partial charge in [-0.1, -0.05) is 13.3 Å². The van der Waals surface area contributed by atoms with Crippen molar-refractivity contribution < 1.29 is 29.3 Å². The highest BCUT2D eigenvalue weighted by molar-refractivity contribution is 6.08. The quantitative estimate of drug-likeness (QED) is 0.393. The maximum Gasteiger partial charge on any atom is 0.339 e. The van der Waals surface area contributed by atoms with Crippen LogP contribution in [0.15, 0.2) is 24.3 Å². The van der Waals surface area contributed by atoms with Crippen molar-refractivity contribution in [2.24, 2.45) is 0 Å². The van der Waals surface area contributed by atoms with Gasteiger partial charge in [-0.25, -0.2) is 4.79 Å². The number of hydrogen-bond acceptors (Lipinski definition) is 6. The summed E-state index contributed by atoms with van der Waals surface area (Å²) >= 11 is 0. The van der Waals surface area contributed by atoms with Crippen molar-refractivity contribution in [1.29, 1.82) is 5.41 Å². The SMILES string of the molecule is CCCCc1cc(C(=O)CN2Cc3cc(OCC)c(C(=O)NC)cc3C2=N)cc(C(=O)O)c1O. The minimum Gasteiger partial charge on any atom is -0.507 e. The molecule has 0 radical (unpaired) electrons. The van der Waals surface area contributed by atoms with Gasteiger partial charge in [-0.15, -0.1) is 0 Å². The molecule has 0 bridgehead atoms. The molecule has 0 saturated heterocycles. The van der Waals surface area contributed by atoms with E-state index in [1.807, 2.05) is 13.8 Å². The van der Waals surface area contributed by atoms with Gasteiger partial charge in [-0.05, 0) is 55.2 Å². The molecule has 0 spiro atoms. The van der Waals surface area contributed by atoms with Crippen LogP contribution in [0.3, 0.4) is 0 Å². The van der Waals surface area contributed by atoms with Gasteiger partial charge in [0, 0.05) is 24.7 Å². The number of benzene rings is 2. The lowest BCUT2D eigenvalue weighted by molar-refractivity contribution is 0.0693. The molecule has 0 unspecified atom stereocenters. The highest BCUT2D eigenvalue weighted by Gasteiger charge is 2.29. The summed E-state index contributed by atoms with van der Waals surface area (Å²) in [4.78, 5) is 38.6. The van der Waals surface area contributed by atoms with E-state index in [4.69, 9.17) is 10.1 Å². The molecule has 2 aromatic rings. The molecular formula is C25H29N3O6. The fourth-order valence-corrected chi connectivity index (χ4v) is 3.99. The van der Waals surface area contributed by atoms with Crippen molar-refractivity contribution in [2.45, 2.75) is 39.7 Å². The Morgan fingerprint density at radius 1 is 1.15 bits per heavy atom. The summed E-state index contributed by atoms with van der Waals surface area (Å²) in [5.41, 5.74) is 1.89. The van der Waals surface area contributed by atoms with Gasteiger partial charge >= 0.3 is 5.97 Å². The number of rotatable bonds is 10. The first kappa shape index (κ1) is 24.8. The Hall–Kier alpha value is -3.88. The molecule has 0 aliphatic carbocycles. The van der Waals surface area contributed by atoms with Crippen molar-refractivity contribution in [1.82, 2.24) is 10.2 Å². The van der Waals surface area contributed by atoms with Crippen molar-refractivity contribution in [3.63, 3.8) is 0 Å². The van der Waals surface area contributed by atoms with Crippen LogP contribution >= 0.6 is 0 Å². The van der Waals surface area contributed by atoms with Crippen LogP contribution in [0.1, 0.15) is 74.5 Å². The predicted molar refractivity (Wildman–Crippen MR) is 126 cm³/mol. The number of fused-ring (bicyclic) bond motifs is 1. The molecule has 2 aromatic carbocycles. The second kappa shape index (κ2) is 10.4. The Bertz CT molecular complexity index is 1160. The van der Waals surface area contributed by atoms with Crippen molar-refractivity contribution in [3.05, 3.63) is 57.6 Å². The summed E-state index contributed by atoms with van der Waals surface area (Å²) in [6, 6.07) is 6.02. The van der Waals surface area contributed by atoms with Gasteiger partial charge < -0.3 is 25.2 Å². The molecule has 0 saturated carbocycles. The Kier molecular flexibility index (Phi) is 7.55. The maximum absolute atomic E-state index is 13.1. The molecule has 0 atom stereocenters. The molecule has 1 aliphatic heterocycles. The van der Waals surface area contributed by atoms with Crippen LogP contribution in [0.25, 0.3) is 0 Å². The van der Waals surface area contributed by atoms with Gasteiger partial charge in [0.2, 0.25) is 0 Å².